The first-order chi connectivity index (χ1) is 27.6. The van der Waals surface area contributed by atoms with Gasteiger partial charge in [-0.05, 0) is 89.7 Å². The maximum Gasteiger partial charge on any atom is 0.224 e. The summed E-state index contributed by atoms with van der Waals surface area (Å²) in [6, 6.07) is 37.6. The van der Waals surface area contributed by atoms with Crippen LogP contribution in [-0.2, 0) is 32.2 Å². The standard InChI is InChI=1S/C46H52N4O7/c1-50(29-42(53)36-12-8-14-38(52)25-36)28-39-26-43(33-21-19-31(30-51)20-22-33)57-46(56-39)37-13-7-11-35(24-37)34-10-6-9-32(23-34)27-48-44(54)17-4-5-18-45(55)49-41-16-3-2-15-40(41)47/h2-3,6-16,19-25,39,42-43,46,51-53H,4-5,17-18,26-30,47H2,1H3,(H,48,54)(H,49,55)/t39-,42+,43+,46+/m0/s1. The number of nitrogens with two attached hydrogens (primary N) is 1. The van der Waals surface area contributed by atoms with E-state index in [1.807, 2.05) is 84.7 Å². The Morgan fingerprint density at radius 1 is 0.807 bits per heavy atom. The van der Waals surface area contributed by atoms with E-state index in [1.54, 1.807) is 36.4 Å². The summed E-state index contributed by atoms with van der Waals surface area (Å²) in [7, 11) is 1.94. The Balaban J connectivity index is 1.06. The number of phenolic OH excluding ortho intramolecular Hbond substituents is 1. The number of amides is 2. The molecule has 0 saturated carbocycles. The van der Waals surface area contributed by atoms with Gasteiger partial charge in [0.15, 0.2) is 6.29 Å². The molecule has 0 spiro atoms. The van der Waals surface area contributed by atoms with Gasteiger partial charge in [0, 0.05) is 44.5 Å². The van der Waals surface area contributed by atoms with E-state index in [4.69, 9.17) is 15.2 Å². The van der Waals surface area contributed by atoms with Crippen LogP contribution < -0.4 is 16.4 Å². The number of unbranched alkanes of at least 4 members (excludes halogenated alkanes) is 1. The van der Waals surface area contributed by atoms with E-state index in [1.165, 1.54) is 0 Å². The van der Waals surface area contributed by atoms with Gasteiger partial charge in [-0.3, -0.25) is 9.59 Å². The van der Waals surface area contributed by atoms with Gasteiger partial charge < -0.3 is 46.1 Å². The average Bonchev–Trinajstić information content (AvgIpc) is 3.22. The number of aliphatic hydroxyl groups excluding tert-OH is 2. The Labute approximate surface area is 334 Å². The lowest BCUT2D eigenvalue weighted by Gasteiger charge is -2.38. The van der Waals surface area contributed by atoms with E-state index < -0.39 is 12.4 Å². The lowest BCUT2D eigenvalue weighted by molar-refractivity contribution is -0.252. The normalized spacial score (nSPS) is 17.2. The van der Waals surface area contributed by atoms with Crippen LogP contribution in [0.2, 0.25) is 0 Å². The number of aliphatic hydroxyl groups is 2. The third-order valence-corrected chi connectivity index (χ3v) is 10.1. The minimum atomic E-state index is -0.786. The number of rotatable bonds is 17. The second-order valence-electron chi connectivity index (χ2n) is 14.6. The number of hydrogen-bond acceptors (Lipinski definition) is 9. The largest absolute Gasteiger partial charge is 0.508 e. The third kappa shape index (κ3) is 12.0. The van der Waals surface area contributed by atoms with E-state index in [0.717, 1.165) is 33.4 Å². The molecule has 5 aromatic carbocycles. The first-order valence-corrected chi connectivity index (χ1v) is 19.4. The minimum absolute atomic E-state index is 0.0408. The summed E-state index contributed by atoms with van der Waals surface area (Å²) in [6.45, 7) is 1.22. The molecule has 0 unspecified atom stereocenters. The summed E-state index contributed by atoms with van der Waals surface area (Å²) < 4.78 is 13.2. The summed E-state index contributed by atoms with van der Waals surface area (Å²) in [6.07, 6.45) is 0.452. The van der Waals surface area contributed by atoms with E-state index in [-0.39, 0.29) is 36.4 Å². The molecular weight excluding hydrogens is 721 g/mol. The lowest BCUT2D eigenvalue weighted by Crippen LogP contribution is -2.39. The Bertz CT molecular complexity index is 2090. The quantitative estimate of drug-likeness (QED) is 0.0425. The van der Waals surface area contributed by atoms with Crippen molar-refractivity contribution >= 4 is 23.2 Å². The molecule has 11 nitrogen and oxygen atoms in total. The first-order valence-electron chi connectivity index (χ1n) is 19.4. The van der Waals surface area contributed by atoms with Gasteiger partial charge in [-0.2, -0.15) is 0 Å². The number of nitrogen functional groups attached to an aromatic ring is 1. The van der Waals surface area contributed by atoms with Gasteiger partial charge in [0.05, 0.1) is 36.3 Å². The Morgan fingerprint density at radius 2 is 1.53 bits per heavy atom. The molecule has 1 heterocycles. The molecule has 0 radical (unpaired) electrons. The number of benzene rings is 5. The second-order valence-corrected chi connectivity index (χ2v) is 14.6. The van der Waals surface area contributed by atoms with Crippen LogP contribution in [-0.4, -0.2) is 58.3 Å². The molecule has 1 aliphatic rings. The maximum atomic E-state index is 12.7. The molecule has 298 valence electrons. The fourth-order valence-electron chi connectivity index (χ4n) is 7.00. The van der Waals surface area contributed by atoms with Gasteiger partial charge in [0.2, 0.25) is 11.8 Å². The molecule has 7 N–H and O–H groups in total. The van der Waals surface area contributed by atoms with Crippen molar-refractivity contribution in [3.63, 3.8) is 0 Å². The van der Waals surface area contributed by atoms with Crippen LogP contribution in [0.4, 0.5) is 11.4 Å². The van der Waals surface area contributed by atoms with Crippen molar-refractivity contribution in [2.24, 2.45) is 0 Å². The molecule has 5 aromatic rings. The van der Waals surface area contributed by atoms with Crippen molar-refractivity contribution < 1.29 is 34.4 Å². The molecule has 1 aliphatic heterocycles. The number of likely N-dealkylation sites (N-methyl/N-ethyl adjacent to an activating group) is 1. The number of anilines is 2. The van der Waals surface area contributed by atoms with Crippen molar-refractivity contribution in [3.8, 4) is 16.9 Å². The number of carbonyl (C=O) groups is 2. The van der Waals surface area contributed by atoms with Crippen LogP contribution in [0.15, 0.2) is 121 Å². The number of phenols is 1. The molecule has 0 aromatic heterocycles. The van der Waals surface area contributed by atoms with Gasteiger partial charge >= 0.3 is 0 Å². The lowest BCUT2D eigenvalue weighted by atomic mass is 9.98. The highest BCUT2D eigenvalue weighted by Gasteiger charge is 2.33. The monoisotopic (exact) mass is 772 g/mol. The van der Waals surface area contributed by atoms with Gasteiger partial charge in [-0.25, -0.2) is 0 Å². The SMILES string of the molecule is CN(C[C@@H]1C[C@H](c2ccc(CO)cc2)O[C@H](c2cccc(-c3cccc(CNC(=O)CCCCC(=O)Nc4ccccc4N)c3)c2)O1)C[C@@H](O)c1cccc(O)c1. The number of aromatic hydroxyl groups is 1. The molecule has 0 bridgehead atoms. The topological polar surface area (TPSA) is 167 Å². The van der Waals surface area contributed by atoms with Crippen LogP contribution in [0.25, 0.3) is 11.1 Å². The Morgan fingerprint density at radius 3 is 2.28 bits per heavy atom. The van der Waals surface area contributed by atoms with Crippen LogP contribution in [0, 0.1) is 0 Å². The second kappa shape index (κ2) is 20.0. The van der Waals surface area contributed by atoms with Gasteiger partial charge in [-0.1, -0.05) is 84.9 Å². The zero-order chi connectivity index (χ0) is 40.1. The fraction of sp³-hybridized carbons (Fsp3) is 0.304. The van der Waals surface area contributed by atoms with Crippen molar-refractivity contribution in [2.75, 3.05) is 31.2 Å². The number of carbonyl (C=O) groups excluding carboxylic acids is 2. The highest BCUT2D eigenvalue weighted by atomic mass is 16.7. The van der Waals surface area contributed by atoms with Crippen LogP contribution in [0.1, 0.15) is 78.4 Å². The molecule has 1 saturated heterocycles. The van der Waals surface area contributed by atoms with E-state index >= 15 is 0 Å². The fourth-order valence-corrected chi connectivity index (χ4v) is 7.00. The van der Waals surface area contributed by atoms with Crippen LogP contribution in [0.5, 0.6) is 5.75 Å². The number of nitrogens with zero attached hydrogens (tertiary/aromatic N) is 1. The van der Waals surface area contributed by atoms with Crippen molar-refractivity contribution in [1.29, 1.82) is 0 Å². The predicted octanol–water partition coefficient (Wildman–Crippen LogP) is 7.16. The molecule has 11 heteroatoms. The van der Waals surface area contributed by atoms with Crippen LogP contribution in [0.3, 0.4) is 0 Å². The van der Waals surface area contributed by atoms with Crippen molar-refractivity contribution in [1.82, 2.24) is 10.2 Å². The molecular formula is C46H52N4O7. The predicted molar refractivity (Wildman–Crippen MR) is 221 cm³/mol. The van der Waals surface area contributed by atoms with Crippen molar-refractivity contribution in [3.05, 3.63) is 149 Å². The summed E-state index contributed by atoms with van der Waals surface area (Å²) in [4.78, 5) is 27.0. The van der Waals surface area contributed by atoms with Crippen molar-refractivity contribution in [2.45, 2.75) is 69.9 Å². The molecule has 4 atom stereocenters. The summed E-state index contributed by atoms with van der Waals surface area (Å²) in [5.41, 5.74) is 13.2. The molecule has 1 fully saturated rings. The Hall–Kier alpha value is -5.56. The minimum Gasteiger partial charge on any atom is -0.508 e. The van der Waals surface area contributed by atoms with Gasteiger partial charge in [0.1, 0.15) is 5.75 Å². The van der Waals surface area contributed by atoms with E-state index in [9.17, 15) is 24.9 Å². The zero-order valence-corrected chi connectivity index (χ0v) is 32.2. The number of nitrogens with one attached hydrogen (secondary N) is 2. The summed E-state index contributed by atoms with van der Waals surface area (Å²) in [5.74, 6) is -0.0929. The number of ether oxygens (including phenoxy) is 2. The molecule has 57 heavy (non-hydrogen) atoms. The molecule has 2 amide bonds. The zero-order valence-electron chi connectivity index (χ0n) is 32.2. The number of hydrogen-bond donors (Lipinski definition) is 6. The third-order valence-electron chi connectivity index (χ3n) is 10.1. The van der Waals surface area contributed by atoms with E-state index in [2.05, 4.69) is 22.8 Å². The van der Waals surface area contributed by atoms with E-state index in [0.29, 0.717) is 68.7 Å². The highest BCUT2D eigenvalue weighted by molar-refractivity contribution is 5.93. The average molecular weight is 773 g/mol. The summed E-state index contributed by atoms with van der Waals surface area (Å²) in [5, 5.41) is 36.2. The highest BCUT2D eigenvalue weighted by Crippen LogP contribution is 2.39. The number of para-hydroxylation sites is 2. The van der Waals surface area contributed by atoms with Gasteiger partial charge in [-0.15, -0.1) is 0 Å². The van der Waals surface area contributed by atoms with Gasteiger partial charge in [0.25, 0.3) is 0 Å². The molecule has 0 aliphatic carbocycles. The summed E-state index contributed by atoms with van der Waals surface area (Å²) >= 11 is 0. The Kier molecular flexibility index (Phi) is 14.4. The first kappa shape index (κ1) is 41.1. The molecule has 6 rings (SSSR count). The smallest absolute Gasteiger partial charge is 0.224 e. The maximum absolute atomic E-state index is 12.7. The van der Waals surface area contributed by atoms with Crippen LogP contribution >= 0.6 is 0 Å².